The van der Waals surface area contributed by atoms with Gasteiger partial charge < -0.3 is 4.90 Å². The Bertz CT molecular complexity index is 966. The zero-order valence-electron chi connectivity index (χ0n) is 15.0. The van der Waals surface area contributed by atoms with Gasteiger partial charge in [-0.15, -0.1) is 11.3 Å². The predicted octanol–water partition coefficient (Wildman–Crippen LogP) is 4.01. The van der Waals surface area contributed by atoms with Crippen LogP contribution in [0.4, 0.5) is 0 Å². The van der Waals surface area contributed by atoms with Gasteiger partial charge in [0.2, 0.25) is 0 Å². The third-order valence-corrected chi connectivity index (χ3v) is 6.42. The molecule has 0 atom stereocenters. The zero-order chi connectivity index (χ0) is 17.6. The van der Waals surface area contributed by atoms with Crippen LogP contribution in [0.5, 0.6) is 0 Å². The number of nitrogens with zero attached hydrogens (tertiary/aromatic N) is 3. The fourth-order valence-corrected chi connectivity index (χ4v) is 4.71. The largest absolute Gasteiger partial charge is 0.306 e. The summed E-state index contributed by atoms with van der Waals surface area (Å²) in [5.74, 6) is 0.814. The second kappa shape index (κ2) is 6.39. The fraction of sp³-hybridized carbons (Fsp3) is 0.400. The van der Waals surface area contributed by atoms with Crippen LogP contribution in [0.15, 0.2) is 35.1 Å². The van der Waals surface area contributed by atoms with Crippen LogP contribution < -0.4 is 5.56 Å². The third kappa shape index (κ3) is 2.81. The van der Waals surface area contributed by atoms with Gasteiger partial charge in [0.15, 0.2) is 0 Å². The molecule has 5 heteroatoms. The molecule has 4 nitrogen and oxygen atoms in total. The summed E-state index contributed by atoms with van der Waals surface area (Å²) < 4.78 is 1.98. The van der Waals surface area contributed by atoms with Crippen LogP contribution in [0.2, 0.25) is 0 Å². The van der Waals surface area contributed by atoms with Crippen molar-refractivity contribution in [1.29, 1.82) is 0 Å². The van der Waals surface area contributed by atoms with Crippen LogP contribution in [0, 0.1) is 13.8 Å². The van der Waals surface area contributed by atoms with E-state index in [1.165, 1.54) is 4.88 Å². The first-order valence-corrected chi connectivity index (χ1v) is 9.64. The second-order valence-electron chi connectivity index (χ2n) is 6.97. The molecule has 1 aliphatic heterocycles. The number of benzene rings is 1. The Labute approximate surface area is 151 Å². The summed E-state index contributed by atoms with van der Waals surface area (Å²) in [6, 6.07) is 10.3. The van der Waals surface area contributed by atoms with E-state index in [1.807, 2.05) is 41.8 Å². The highest BCUT2D eigenvalue weighted by molar-refractivity contribution is 7.18. The van der Waals surface area contributed by atoms with Gasteiger partial charge in [-0.2, -0.15) is 0 Å². The number of aryl methyl sites for hydroxylation is 2. The minimum Gasteiger partial charge on any atom is -0.306 e. The maximum absolute atomic E-state index is 13.5. The minimum absolute atomic E-state index is 0.125. The van der Waals surface area contributed by atoms with Gasteiger partial charge in [0.1, 0.15) is 10.7 Å². The molecular weight excluding hydrogens is 330 g/mol. The van der Waals surface area contributed by atoms with Gasteiger partial charge in [0.25, 0.3) is 5.56 Å². The van der Waals surface area contributed by atoms with E-state index in [0.29, 0.717) is 0 Å². The molecule has 0 N–H and O–H groups in total. The molecule has 0 spiro atoms. The molecule has 1 aromatic carbocycles. The first-order chi connectivity index (χ1) is 12.1. The number of hydrogen-bond acceptors (Lipinski definition) is 4. The molecule has 3 aromatic rings. The number of rotatable bonds is 2. The summed E-state index contributed by atoms with van der Waals surface area (Å²) in [4.78, 5) is 22.8. The quantitative estimate of drug-likeness (QED) is 0.699. The molecule has 0 saturated carbocycles. The van der Waals surface area contributed by atoms with Gasteiger partial charge in [-0.05, 0) is 52.4 Å². The van der Waals surface area contributed by atoms with Crippen molar-refractivity contribution in [2.24, 2.45) is 0 Å². The molecule has 130 valence electrons. The standard InChI is InChI=1S/C20H23N3OS/c1-13-14(2)25-19-17(13)20(24)23(16-9-11-22(3)12-10-16)18(21-19)15-7-5-4-6-8-15/h4-8,16H,9-12H2,1-3H3. The van der Waals surface area contributed by atoms with Gasteiger partial charge in [-0.3, -0.25) is 9.36 Å². The number of thiophene rings is 1. The van der Waals surface area contributed by atoms with E-state index >= 15 is 0 Å². The molecule has 1 aliphatic rings. The van der Waals surface area contributed by atoms with E-state index in [4.69, 9.17) is 4.98 Å². The minimum atomic E-state index is 0.125. The average Bonchev–Trinajstić information content (AvgIpc) is 2.91. The SMILES string of the molecule is Cc1sc2nc(-c3ccccc3)n(C3CCN(C)CC3)c(=O)c2c1C. The molecule has 0 aliphatic carbocycles. The lowest BCUT2D eigenvalue weighted by atomic mass is 10.0. The summed E-state index contributed by atoms with van der Waals surface area (Å²) in [7, 11) is 2.14. The van der Waals surface area contributed by atoms with Crippen LogP contribution >= 0.6 is 11.3 Å². The molecule has 0 unspecified atom stereocenters. The molecular formula is C20H23N3OS. The van der Waals surface area contributed by atoms with Crippen LogP contribution in [0.3, 0.4) is 0 Å². The molecule has 0 radical (unpaired) electrons. The van der Waals surface area contributed by atoms with E-state index in [1.54, 1.807) is 11.3 Å². The highest BCUT2D eigenvalue weighted by Gasteiger charge is 2.25. The van der Waals surface area contributed by atoms with Gasteiger partial charge in [-0.25, -0.2) is 4.98 Å². The Morgan fingerprint density at radius 2 is 1.80 bits per heavy atom. The topological polar surface area (TPSA) is 38.1 Å². The van der Waals surface area contributed by atoms with Crippen molar-refractivity contribution >= 4 is 21.6 Å². The van der Waals surface area contributed by atoms with Gasteiger partial charge in [0.05, 0.1) is 5.39 Å². The lowest BCUT2D eigenvalue weighted by molar-refractivity contribution is 0.219. The highest BCUT2D eigenvalue weighted by Crippen LogP contribution is 2.31. The molecule has 4 rings (SSSR count). The van der Waals surface area contributed by atoms with Crippen molar-refractivity contribution in [3.8, 4) is 11.4 Å². The summed E-state index contributed by atoms with van der Waals surface area (Å²) in [5.41, 5.74) is 2.23. The lowest BCUT2D eigenvalue weighted by Gasteiger charge is -2.31. The normalized spacial score (nSPS) is 16.6. The van der Waals surface area contributed by atoms with E-state index in [-0.39, 0.29) is 11.6 Å². The maximum atomic E-state index is 13.5. The summed E-state index contributed by atoms with van der Waals surface area (Å²) in [6.45, 7) is 6.15. The summed E-state index contributed by atoms with van der Waals surface area (Å²) >= 11 is 1.62. The average molecular weight is 353 g/mol. The summed E-state index contributed by atoms with van der Waals surface area (Å²) in [6.07, 6.45) is 1.98. The molecule has 25 heavy (non-hydrogen) atoms. The Morgan fingerprint density at radius 1 is 1.12 bits per heavy atom. The van der Waals surface area contributed by atoms with Crippen molar-refractivity contribution in [2.45, 2.75) is 32.7 Å². The van der Waals surface area contributed by atoms with Crippen molar-refractivity contribution in [1.82, 2.24) is 14.5 Å². The highest BCUT2D eigenvalue weighted by atomic mass is 32.1. The number of likely N-dealkylation sites (tertiary alicyclic amines) is 1. The molecule has 0 amide bonds. The van der Waals surface area contributed by atoms with Gasteiger partial charge >= 0.3 is 0 Å². The Morgan fingerprint density at radius 3 is 2.48 bits per heavy atom. The zero-order valence-corrected chi connectivity index (χ0v) is 15.8. The number of piperidine rings is 1. The Kier molecular flexibility index (Phi) is 4.21. The predicted molar refractivity (Wildman–Crippen MR) is 105 cm³/mol. The van der Waals surface area contributed by atoms with Crippen LogP contribution in [0.25, 0.3) is 21.6 Å². The van der Waals surface area contributed by atoms with Crippen molar-refractivity contribution in [3.05, 3.63) is 51.1 Å². The van der Waals surface area contributed by atoms with Crippen molar-refractivity contribution in [2.75, 3.05) is 20.1 Å². The van der Waals surface area contributed by atoms with Crippen molar-refractivity contribution in [3.63, 3.8) is 0 Å². The first-order valence-electron chi connectivity index (χ1n) is 8.82. The monoisotopic (exact) mass is 353 g/mol. The summed E-state index contributed by atoms with van der Waals surface area (Å²) in [5, 5.41) is 0.807. The third-order valence-electron chi connectivity index (χ3n) is 5.32. The van der Waals surface area contributed by atoms with Crippen LogP contribution in [-0.2, 0) is 0 Å². The first kappa shape index (κ1) is 16.5. The Hall–Kier alpha value is -1.98. The lowest BCUT2D eigenvalue weighted by Crippen LogP contribution is -2.36. The van der Waals surface area contributed by atoms with Crippen LogP contribution in [-0.4, -0.2) is 34.6 Å². The fourth-order valence-electron chi connectivity index (χ4n) is 3.69. The smallest absolute Gasteiger partial charge is 0.263 e. The maximum Gasteiger partial charge on any atom is 0.263 e. The van der Waals surface area contributed by atoms with Crippen molar-refractivity contribution < 1.29 is 0 Å². The molecule has 0 bridgehead atoms. The van der Waals surface area contributed by atoms with E-state index in [9.17, 15) is 4.79 Å². The van der Waals surface area contributed by atoms with E-state index in [0.717, 1.165) is 53.1 Å². The van der Waals surface area contributed by atoms with E-state index in [2.05, 4.69) is 18.9 Å². The van der Waals surface area contributed by atoms with Gasteiger partial charge in [0, 0.05) is 16.5 Å². The van der Waals surface area contributed by atoms with E-state index < -0.39 is 0 Å². The molecule has 2 aromatic heterocycles. The molecule has 3 heterocycles. The number of fused-ring (bicyclic) bond motifs is 1. The Balaban J connectivity index is 1.98. The molecule has 1 saturated heterocycles. The molecule has 1 fully saturated rings. The van der Waals surface area contributed by atoms with Crippen LogP contribution in [0.1, 0.15) is 29.3 Å². The van der Waals surface area contributed by atoms with Gasteiger partial charge in [-0.1, -0.05) is 30.3 Å². The number of aromatic nitrogens is 2. The number of hydrogen-bond donors (Lipinski definition) is 0. The second-order valence-corrected chi connectivity index (χ2v) is 8.18.